The summed E-state index contributed by atoms with van der Waals surface area (Å²) in [7, 11) is 1.62. The minimum absolute atomic E-state index is 0.200. The van der Waals surface area contributed by atoms with Crippen LogP contribution in [0.1, 0.15) is 18.1 Å². The van der Waals surface area contributed by atoms with E-state index in [-0.39, 0.29) is 11.9 Å². The van der Waals surface area contributed by atoms with Gasteiger partial charge in [0.15, 0.2) is 0 Å². The molecule has 106 valence electrons. The van der Waals surface area contributed by atoms with Gasteiger partial charge in [0.1, 0.15) is 5.82 Å². The van der Waals surface area contributed by atoms with Gasteiger partial charge >= 0.3 is 0 Å². The molecule has 0 amide bonds. The first-order valence-corrected chi connectivity index (χ1v) is 6.64. The van der Waals surface area contributed by atoms with E-state index in [4.69, 9.17) is 4.74 Å². The maximum absolute atomic E-state index is 12.8. The van der Waals surface area contributed by atoms with Crippen molar-refractivity contribution in [3.63, 3.8) is 0 Å². The molecule has 1 aromatic heterocycles. The van der Waals surface area contributed by atoms with Crippen LogP contribution in [-0.4, -0.2) is 18.1 Å². The molecule has 2 rings (SSSR count). The number of benzene rings is 1. The normalized spacial score (nSPS) is 12.2. The zero-order valence-corrected chi connectivity index (χ0v) is 11.8. The number of nitrogens with one attached hydrogen (secondary N) is 1. The van der Waals surface area contributed by atoms with Gasteiger partial charge in [-0.1, -0.05) is 18.2 Å². The number of hydrogen-bond acceptors (Lipinski definition) is 3. The van der Waals surface area contributed by atoms with Gasteiger partial charge in [-0.15, -0.1) is 0 Å². The molecule has 0 aliphatic carbocycles. The molecule has 0 aliphatic heterocycles. The molecular formula is C16H19FN2O. The first-order valence-electron chi connectivity index (χ1n) is 6.64. The summed E-state index contributed by atoms with van der Waals surface area (Å²) in [5.74, 6) is 0.448. The fraction of sp³-hybridized carbons (Fsp3) is 0.312. The largest absolute Gasteiger partial charge is 0.481 e. The lowest BCUT2D eigenvalue weighted by molar-refractivity contribution is 0.388. The fourth-order valence-electron chi connectivity index (χ4n) is 2.07. The van der Waals surface area contributed by atoms with Crippen molar-refractivity contribution in [3.05, 3.63) is 59.5 Å². The summed E-state index contributed by atoms with van der Waals surface area (Å²) in [6.45, 7) is 2.80. The van der Waals surface area contributed by atoms with Crippen LogP contribution >= 0.6 is 0 Å². The maximum atomic E-state index is 12.8. The highest BCUT2D eigenvalue weighted by atomic mass is 19.1. The van der Waals surface area contributed by atoms with Gasteiger partial charge in [-0.3, -0.25) is 0 Å². The third kappa shape index (κ3) is 4.03. The van der Waals surface area contributed by atoms with Crippen molar-refractivity contribution in [2.45, 2.75) is 25.9 Å². The molecular weight excluding hydrogens is 255 g/mol. The molecule has 0 saturated heterocycles. The second kappa shape index (κ2) is 7.01. The van der Waals surface area contributed by atoms with Crippen molar-refractivity contribution in [2.75, 3.05) is 7.11 Å². The quantitative estimate of drug-likeness (QED) is 0.879. The summed E-state index contributed by atoms with van der Waals surface area (Å²) in [5, 5.41) is 3.42. The van der Waals surface area contributed by atoms with Crippen LogP contribution in [0.5, 0.6) is 5.88 Å². The van der Waals surface area contributed by atoms with E-state index in [1.54, 1.807) is 13.3 Å². The predicted molar refractivity (Wildman–Crippen MR) is 77.2 cm³/mol. The summed E-state index contributed by atoms with van der Waals surface area (Å²) < 4.78 is 18.1. The lowest BCUT2D eigenvalue weighted by Crippen LogP contribution is -2.27. The zero-order chi connectivity index (χ0) is 14.4. The Morgan fingerprint density at radius 2 is 2.00 bits per heavy atom. The van der Waals surface area contributed by atoms with E-state index < -0.39 is 0 Å². The van der Waals surface area contributed by atoms with Crippen LogP contribution in [0, 0.1) is 5.82 Å². The lowest BCUT2D eigenvalue weighted by atomic mass is 10.1. The summed E-state index contributed by atoms with van der Waals surface area (Å²) in [6, 6.07) is 10.8. The molecule has 0 fully saturated rings. The van der Waals surface area contributed by atoms with Crippen molar-refractivity contribution < 1.29 is 9.13 Å². The molecule has 0 aliphatic rings. The average molecular weight is 274 g/mol. The first-order chi connectivity index (χ1) is 9.69. The summed E-state index contributed by atoms with van der Waals surface area (Å²) in [5.41, 5.74) is 2.14. The Bertz CT molecular complexity index is 542. The SMILES string of the molecule is COc1ncccc1CNC(C)Cc1ccc(F)cc1. The van der Waals surface area contributed by atoms with Crippen LogP contribution in [0.4, 0.5) is 4.39 Å². The van der Waals surface area contributed by atoms with Gasteiger partial charge in [0.05, 0.1) is 7.11 Å². The van der Waals surface area contributed by atoms with E-state index in [2.05, 4.69) is 17.2 Å². The molecule has 1 unspecified atom stereocenters. The maximum Gasteiger partial charge on any atom is 0.217 e. The van der Waals surface area contributed by atoms with E-state index in [9.17, 15) is 4.39 Å². The van der Waals surface area contributed by atoms with Gasteiger partial charge in [0.25, 0.3) is 0 Å². The molecule has 0 spiro atoms. The molecule has 2 aromatic rings. The van der Waals surface area contributed by atoms with Gasteiger partial charge in [-0.05, 0) is 37.1 Å². The number of nitrogens with zero attached hydrogens (tertiary/aromatic N) is 1. The Hall–Kier alpha value is -1.94. The number of hydrogen-bond donors (Lipinski definition) is 1. The monoisotopic (exact) mass is 274 g/mol. The molecule has 3 nitrogen and oxygen atoms in total. The van der Waals surface area contributed by atoms with Gasteiger partial charge in [-0.25, -0.2) is 9.37 Å². The third-order valence-electron chi connectivity index (χ3n) is 3.14. The smallest absolute Gasteiger partial charge is 0.217 e. The van der Waals surface area contributed by atoms with Crippen LogP contribution in [0.2, 0.25) is 0 Å². The van der Waals surface area contributed by atoms with E-state index >= 15 is 0 Å². The third-order valence-corrected chi connectivity index (χ3v) is 3.14. The Morgan fingerprint density at radius 1 is 1.25 bits per heavy atom. The van der Waals surface area contributed by atoms with Crippen molar-refractivity contribution >= 4 is 0 Å². The summed E-state index contributed by atoms with van der Waals surface area (Å²) in [4.78, 5) is 4.16. The number of ether oxygens (including phenoxy) is 1. The second-order valence-corrected chi connectivity index (χ2v) is 4.78. The number of rotatable bonds is 6. The summed E-state index contributed by atoms with van der Waals surface area (Å²) >= 11 is 0. The number of aromatic nitrogens is 1. The van der Waals surface area contributed by atoms with E-state index in [0.717, 1.165) is 17.5 Å². The Balaban J connectivity index is 1.88. The van der Waals surface area contributed by atoms with Gasteiger partial charge < -0.3 is 10.1 Å². The van der Waals surface area contributed by atoms with Crippen LogP contribution in [0.25, 0.3) is 0 Å². The van der Waals surface area contributed by atoms with Crippen molar-refractivity contribution in [3.8, 4) is 5.88 Å². The van der Waals surface area contributed by atoms with Crippen LogP contribution in [0.15, 0.2) is 42.6 Å². The van der Waals surface area contributed by atoms with E-state index in [0.29, 0.717) is 12.4 Å². The van der Waals surface area contributed by atoms with Gasteiger partial charge in [-0.2, -0.15) is 0 Å². The van der Waals surface area contributed by atoms with E-state index in [1.165, 1.54) is 12.1 Å². The highest BCUT2D eigenvalue weighted by molar-refractivity contribution is 5.25. The zero-order valence-electron chi connectivity index (χ0n) is 11.8. The second-order valence-electron chi connectivity index (χ2n) is 4.78. The average Bonchev–Trinajstić information content (AvgIpc) is 2.48. The molecule has 1 aromatic carbocycles. The van der Waals surface area contributed by atoms with Gasteiger partial charge in [0, 0.05) is 24.3 Å². The van der Waals surface area contributed by atoms with Gasteiger partial charge in [0.2, 0.25) is 5.88 Å². The molecule has 20 heavy (non-hydrogen) atoms. The number of halogens is 1. The Morgan fingerprint density at radius 3 is 2.70 bits per heavy atom. The Labute approximate surface area is 118 Å². The van der Waals surface area contributed by atoms with Crippen LogP contribution < -0.4 is 10.1 Å². The molecule has 0 bridgehead atoms. The van der Waals surface area contributed by atoms with Crippen molar-refractivity contribution in [1.29, 1.82) is 0 Å². The first kappa shape index (κ1) is 14.5. The highest BCUT2D eigenvalue weighted by Crippen LogP contribution is 2.13. The number of pyridine rings is 1. The molecule has 0 saturated carbocycles. The molecule has 1 atom stereocenters. The topological polar surface area (TPSA) is 34.1 Å². The molecule has 0 radical (unpaired) electrons. The lowest BCUT2D eigenvalue weighted by Gasteiger charge is -2.15. The van der Waals surface area contributed by atoms with Crippen LogP contribution in [-0.2, 0) is 13.0 Å². The fourth-order valence-corrected chi connectivity index (χ4v) is 2.07. The predicted octanol–water partition coefficient (Wildman–Crippen LogP) is 2.95. The standard InChI is InChI=1S/C16H19FN2O/c1-12(10-13-5-7-15(17)8-6-13)19-11-14-4-3-9-18-16(14)20-2/h3-9,12,19H,10-11H2,1-2H3. The van der Waals surface area contributed by atoms with Crippen molar-refractivity contribution in [1.82, 2.24) is 10.3 Å². The van der Waals surface area contributed by atoms with Crippen LogP contribution in [0.3, 0.4) is 0 Å². The van der Waals surface area contributed by atoms with Crippen molar-refractivity contribution in [2.24, 2.45) is 0 Å². The Kier molecular flexibility index (Phi) is 5.07. The molecule has 1 N–H and O–H groups in total. The minimum atomic E-state index is -0.200. The number of methoxy groups -OCH3 is 1. The van der Waals surface area contributed by atoms with E-state index in [1.807, 2.05) is 24.3 Å². The summed E-state index contributed by atoms with van der Waals surface area (Å²) in [6.07, 6.45) is 2.56. The minimum Gasteiger partial charge on any atom is -0.481 e. The molecule has 1 heterocycles. The highest BCUT2D eigenvalue weighted by Gasteiger charge is 2.07. The molecule has 4 heteroatoms.